The molecule has 148 valence electrons. The Hall–Kier alpha value is -2.00. The summed E-state index contributed by atoms with van der Waals surface area (Å²) >= 11 is 0. The van der Waals surface area contributed by atoms with E-state index < -0.39 is 21.4 Å². The van der Waals surface area contributed by atoms with Crippen LogP contribution < -0.4 is 0 Å². The van der Waals surface area contributed by atoms with Crippen molar-refractivity contribution in [2.75, 3.05) is 26.7 Å². The van der Waals surface area contributed by atoms with Crippen LogP contribution in [0.25, 0.3) is 0 Å². The third-order valence-corrected chi connectivity index (χ3v) is 7.22. The number of carbonyl (C=O) groups is 2. The number of sulfonamides is 1. The molecule has 2 fully saturated rings. The SMILES string of the molecule is CC(C)CN1C(=O)N(C)C(=O)C12CCN(S(=O)(=O)c1ccccc1F)CC2. The maximum Gasteiger partial charge on any atom is 0.327 e. The van der Waals surface area contributed by atoms with Gasteiger partial charge in [0.2, 0.25) is 10.0 Å². The lowest BCUT2D eigenvalue weighted by molar-refractivity contribution is -0.134. The lowest BCUT2D eigenvalue weighted by Gasteiger charge is -2.42. The van der Waals surface area contributed by atoms with Gasteiger partial charge in [-0.25, -0.2) is 17.6 Å². The van der Waals surface area contributed by atoms with Gasteiger partial charge in [0.15, 0.2) is 0 Å². The number of hydrogen-bond donors (Lipinski definition) is 0. The van der Waals surface area contributed by atoms with Crippen LogP contribution in [0.4, 0.5) is 9.18 Å². The number of likely N-dealkylation sites (N-methyl/N-ethyl adjacent to an activating group) is 1. The molecule has 3 amide bonds. The molecule has 0 aromatic heterocycles. The van der Waals surface area contributed by atoms with Gasteiger partial charge in [0.1, 0.15) is 16.3 Å². The molecule has 2 aliphatic rings. The summed E-state index contributed by atoms with van der Waals surface area (Å²) in [4.78, 5) is 27.6. The number of rotatable bonds is 4. The molecule has 1 aromatic rings. The average Bonchev–Trinajstić information content (AvgIpc) is 2.78. The number of carbonyl (C=O) groups excluding carboxylic acids is 2. The average molecular weight is 397 g/mol. The van der Waals surface area contributed by atoms with E-state index in [9.17, 15) is 22.4 Å². The Balaban J connectivity index is 1.86. The summed E-state index contributed by atoms with van der Waals surface area (Å²) in [5.41, 5.74) is -1.02. The highest BCUT2D eigenvalue weighted by Crippen LogP contribution is 2.38. The van der Waals surface area contributed by atoms with E-state index in [0.29, 0.717) is 6.54 Å². The number of urea groups is 1. The third-order valence-electron chi connectivity index (χ3n) is 5.29. The molecule has 7 nitrogen and oxygen atoms in total. The number of benzene rings is 1. The van der Waals surface area contributed by atoms with E-state index >= 15 is 0 Å². The van der Waals surface area contributed by atoms with Crippen molar-refractivity contribution in [2.45, 2.75) is 37.1 Å². The Morgan fingerprint density at radius 1 is 1.15 bits per heavy atom. The fourth-order valence-corrected chi connectivity index (χ4v) is 5.38. The first kappa shape index (κ1) is 19.8. The Labute approximate surface area is 158 Å². The lowest BCUT2D eigenvalue weighted by atomic mass is 9.86. The standard InChI is InChI=1S/C18H24FN3O4S/c1-13(2)12-22-17(24)20(3)16(23)18(22)8-10-21(11-9-18)27(25,26)15-7-5-4-6-14(15)19/h4-7,13H,8-12H2,1-3H3. The van der Waals surface area contributed by atoms with E-state index in [4.69, 9.17) is 0 Å². The topological polar surface area (TPSA) is 78.0 Å². The number of hydrogen-bond acceptors (Lipinski definition) is 4. The van der Waals surface area contributed by atoms with Gasteiger partial charge >= 0.3 is 6.03 Å². The molecule has 27 heavy (non-hydrogen) atoms. The number of halogens is 1. The summed E-state index contributed by atoms with van der Waals surface area (Å²) in [5.74, 6) is -0.924. The van der Waals surface area contributed by atoms with Gasteiger partial charge in [-0.15, -0.1) is 0 Å². The van der Waals surface area contributed by atoms with Crippen LogP contribution in [0, 0.1) is 11.7 Å². The van der Waals surface area contributed by atoms with Crippen molar-refractivity contribution in [1.82, 2.24) is 14.1 Å². The highest BCUT2D eigenvalue weighted by atomic mass is 32.2. The van der Waals surface area contributed by atoms with Crippen LogP contribution in [0.15, 0.2) is 29.2 Å². The minimum absolute atomic E-state index is 0.0537. The summed E-state index contributed by atoms with van der Waals surface area (Å²) in [6, 6.07) is 4.90. The second-order valence-electron chi connectivity index (χ2n) is 7.52. The molecule has 0 radical (unpaired) electrons. The monoisotopic (exact) mass is 397 g/mol. The Morgan fingerprint density at radius 2 is 1.74 bits per heavy atom. The van der Waals surface area contributed by atoms with E-state index in [-0.39, 0.29) is 48.7 Å². The Bertz CT molecular complexity index is 863. The summed E-state index contributed by atoms with van der Waals surface area (Å²) in [6.07, 6.45) is 0.393. The van der Waals surface area contributed by atoms with Crippen LogP contribution >= 0.6 is 0 Å². The van der Waals surface area contributed by atoms with E-state index in [2.05, 4.69) is 0 Å². The van der Waals surface area contributed by atoms with Crippen LogP contribution in [0.1, 0.15) is 26.7 Å². The molecular formula is C18H24FN3O4S. The van der Waals surface area contributed by atoms with Crippen molar-refractivity contribution in [2.24, 2.45) is 5.92 Å². The zero-order valence-electron chi connectivity index (χ0n) is 15.7. The summed E-state index contributed by atoms with van der Waals surface area (Å²) in [7, 11) is -2.54. The lowest BCUT2D eigenvalue weighted by Crippen LogP contribution is -2.57. The maximum absolute atomic E-state index is 14.0. The first-order valence-electron chi connectivity index (χ1n) is 8.95. The largest absolute Gasteiger partial charge is 0.327 e. The molecule has 0 bridgehead atoms. The minimum atomic E-state index is -3.99. The quantitative estimate of drug-likeness (QED) is 0.727. The summed E-state index contributed by atoms with van der Waals surface area (Å²) < 4.78 is 40.8. The molecule has 0 saturated carbocycles. The van der Waals surface area contributed by atoms with E-state index in [1.807, 2.05) is 13.8 Å². The maximum atomic E-state index is 14.0. The van der Waals surface area contributed by atoms with Crippen molar-refractivity contribution in [3.8, 4) is 0 Å². The van der Waals surface area contributed by atoms with Crippen molar-refractivity contribution in [1.29, 1.82) is 0 Å². The Morgan fingerprint density at radius 3 is 2.30 bits per heavy atom. The smallest absolute Gasteiger partial charge is 0.309 e. The van der Waals surface area contributed by atoms with Gasteiger partial charge in [-0.05, 0) is 30.9 Å². The van der Waals surface area contributed by atoms with E-state index in [1.54, 1.807) is 4.90 Å². The van der Waals surface area contributed by atoms with Gasteiger partial charge in [-0.1, -0.05) is 26.0 Å². The van der Waals surface area contributed by atoms with Crippen LogP contribution in [0.5, 0.6) is 0 Å². The number of amides is 3. The zero-order valence-corrected chi connectivity index (χ0v) is 16.5. The van der Waals surface area contributed by atoms with Crippen molar-refractivity contribution in [3.05, 3.63) is 30.1 Å². The molecule has 2 heterocycles. The van der Waals surface area contributed by atoms with E-state index in [1.165, 1.54) is 29.6 Å². The highest BCUT2D eigenvalue weighted by molar-refractivity contribution is 7.89. The van der Waals surface area contributed by atoms with Gasteiger partial charge < -0.3 is 4.90 Å². The van der Waals surface area contributed by atoms with Gasteiger partial charge in [0, 0.05) is 26.7 Å². The summed E-state index contributed by atoms with van der Waals surface area (Å²) in [6.45, 7) is 4.45. The predicted octanol–water partition coefficient (Wildman–Crippen LogP) is 1.90. The third kappa shape index (κ3) is 3.12. The molecule has 0 unspecified atom stereocenters. The molecule has 1 aromatic carbocycles. The fraction of sp³-hybridized carbons (Fsp3) is 0.556. The number of nitrogens with zero attached hydrogens (tertiary/aromatic N) is 3. The van der Waals surface area contributed by atoms with E-state index in [0.717, 1.165) is 11.0 Å². The van der Waals surface area contributed by atoms with Crippen LogP contribution in [0.3, 0.4) is 0 Å². The normalized spacial score (nSPS) is 20.9. The van der Waals surface area contributed by atoms with Crippen molar-refractivity contribution < 1.29 is 22.4 Å². The number of imide groups is 1. The molecule has 3 rings (SSSR count). The second-order valence-corrected chi connectivity index (χ2v) is 9.42. The molecule has 0 aliphatic carbocycles. The van der Waals surface area contributed by atoms with Crippen molar-refractivity contribution in [3.63, 3.8) is 0 Å². The predicted molar refractivity (Wildman–Crippen MR) is 96.8 cm³/mol. The number of piperidine rings is 1. The first-order chi connectivity index (χ1) is 12.6. The zero-order chi connectivity index (χ0) is 20.0. The van der Waals surface area contributed by atoms with Crippen molar-refractivity contribution >= 4 is 22.0 Å². The van der Waals surface area contributed by atoms with Crippen LogP contribution in [0.2, 0.25) is 0 Å². The molecule has 2 aliphatic heterocycles. The molecule has 9 heteroatoms. The van der Waals surface area contributed by atoms with Gasteiger partial charge in [-0.3, -0.25) is 9.69 Å². The molecule has 0 N–H and O–H groups in total. The fourth-order valence-electron chi connectivity index (χ4n) is 3.87. The molecule has 2 saturated heterocycles. The highest BCUT2D eigenvalue weighted by Gasteiger charge is 2.57. The van der Waals surface area contributed by atoms with Crippen LogP contribution in [-0.2, 0) is 14.8 Å². The minimum Gasteiger partial charge on any atom is -0.309 e. The van der Waals surface area contributed by atoms with Gasteiger partial charge in [-0.2, -0.15) is 4.31 Å². The first-order valence-corrected chi connectivity index (χ1v) is 10.4. The van der Waals surface area contributed by atoms with Crippen LogP contribution in [-0.4, -0.2) is 66.7 Å². The molecular weight excluding hydrogens is 373 g/mol. The van der Waals surface area contributed by atoms with Gasteiger partial charge in [0.05, 0.1) is 0 Å². The van der Waals surface area contributed by atoms with Gasteiger partial charge in [0.25, 0.3) is 5.91 Å². The summed E-state index contributed by atoms with van der Waals surface area (Å²) in [5, 5.41) is 0. The molecule has 1 spiro atoms. The second kappa shape index (κ2) is 6.87. The molecule has 0 atom stereocenters. The Kier molecular flexibility index (Phi) is 5.02.